The van der Waals surface area contributed by atoms with Crippen molar-refractivity contribution < 1.29 is 13.6 Å². The van der Waals surface area contributed by atoms with Crippen molar-refractivity contribution in [1.82, 2.24) is 9.97 Å². The maximum Gasteiger partial charge on any atom is 0.805 e. The van der Waals surface area contributed by atoms with Gasteiger partial charge in [-0.25, -0.2) is 9.05 Å². The Morgan fingerprint density at radius 3 is 1.68 bits per heavy atom. The molecule has 2 N–H and O–H groups in total. The van der Waals surface area contributed by atoms with E-state index < -0.39 is 8.25 Å². The summed E-state index contributed by atoms with van der Waals surface area (Å²) in [7, 11) is -2.32. The lowest BCUT2D eigenvalue weighted by Gasteiger charge is -1.92. The van der Waals surface area contributed by atoms with Crippen LogP contribution in [-0.4, -0.2) is 9.97 Å². The highest BCUT2D eigenvalue weighted by atomic mass is 31.1. The maximum atomic E-state index is 12.1. The predicted molar refractivity (Wildman–Crippen MR) is 85.5 cm³/mol. The Labute approximate surface area is 126 Å². The van der Waals surface area contributed by atoms with E-state index in [0.717, 1.165) is 21.8 Å². The third-order valence-corrected chi connectivity index (χ3v) is 4.14. The third-order valence-electron chi connectivity index (χ3n) is 3.45. The van der Waals surface area contributed by atoms with Gasteiger partial charge in [-0.1, -0.05) is 24.3 Å². The van der Waals surface area contributed by atoms with E-state index >= 15 is 0 Å². The van der Waals surface area contributed by atoms with Crippen molar-refractivity contribution in [2.24, 2.45) is 0 Å². The molecule has 2 aromatic carbocycles. The molecule has 0 unspecified atom stereocenters. The fourth-order valence-electron chi connectivity index (χ4n) is 2.42. The van der Waals surface area contributed by atoms with Crippen LogP contribution in [0.3, 0.4) is 0 Å². The van der Waals surface area contributed by atoms with E-state index in [0.29, 0.717) is 11.5 Å². The van der Waals surface area contributed by atoms with E-state index in [2.05, 4.69) is 9.97 Å². The highest BCUT2D eigenvalue weighted by molar-refractivity contribution is 7.34. The number of H-pyrrole nitrogens is 2. The molecule has 4 aromatic rings. The lowest BCUT2D eigenvalue weighted by atomic mass is 10.2. The smallest absolute Gasteiger partial charge is 0.358 e. The lowest BCUT2D eigenvalue weighted by molar-refractivity contribution is 0.419. The van der Waals surface area contributed by atoms with E-state index in [1.54, 1.807) is 12.4 Å². The standard InChI is InChI=1S/C16H12N2O3P/c19-22(20-15-9-17-13-7-3-1-5-11(13)15)21-16-10-18-14-8-4-2-6-12(14)16/h1-10,17-18H/q+1. The van der Waals surface area contributed by atoms with Crippen LogP contribution in [0.2, 0.25) is 0 Å². The van der Waals surface area contributed by atoms with E-state index in [1.165, 1.54) is 0 Å². The molecule has 2 heterocycles. The van der Waals surface area contributed by atoms with Gasteiger partial charge in [0.15, 0.2) is 0 Å². The van der Waals surface area contributed by atoms with Crippen molar-refractivity contribution in [2.75, 3.05) is 0 Å². The minimum atomic E-state index is -2.32. The molecular weight excluding hydrogens is 299 g/mol. The van der Waals surface area contributed by atoms with E-state index in [9.17, 15) is 4.57 Å². The molecular formula is C16H12N2O3P+. The summed E-state index contributed by atoms with van der Waals surface area (Å²) < 4.78 is 23.0. The van der Waals surface area contributed by atoms with Crippen LogP contribution in [0.1, 0.15) is 0 Å². The topological polar surface area (TPSA) is 67.1 Å². The predicted octanol–water partition coefficient (Wildman–Crippen LogP) is 4.76. The van der Waals surface area contributed by atoms with Crippen molar-refractivity contribution in [1.29, 1.82) is 0 Å². The summed E-state index contributed by atoms with van der Waals surface area (Å²) in [6.45, 7) is 0. The molecule has 0 spiro atoms. The Bertz CT molecular complexity index is 896. The Morgan fingerprint density at radius 1 is 0.727 bits per heavy atom. The van der Waals surface area contributed by atoms with Gasteiger partial charge in [-0.2, -0.15) is 0 Å². The maximum absolute atomic E-state index is 12.1. The average molecular weight is 311 g/mol. The highest BCUT2D eigenvalue weighted by Crippen LogP contribution is 2.37. The largest absolute Gasteiger partial charge is 0.805 e. The van der Waals surface area contributed by atoms with Crippen molar-refractivity contribution in [3.8, 4) is 11.5 Å². The van der Waals surface area contributed by atoms with Gasteiger partial charge in [-0.05, 0) is 24.3 Å². The fourth-order valence-corrected chi connectivity index (χ4v) is 3.08. The number of hydrogen-bond donors (Lipinski definition) is 2. The van der Waals surface area contributed by atoms with Crippen LogP contribution in [0.5, 0.6) is 11.5 Å². The Balaban J connectivity index is 1.58. The summed E-state index contributed by atoms with van der Waals surface area (Å²) in [5, 5.41) is 1.74. The SMILES string of the molecule is O=[P+](Oc1c[nH]c2ccccc12)Oc1c[nH]c2ccccc12. The van der Waals surface area contributed by atoms with Crippen LogP contribution in [0, 0.1) is 0 Å². The van der Waals surface area contributed by atoms with Gasteiger partial charge in [0.1, 0.15) is 0 Å². The van der Waals surface area contributed by atoms with E-state index in [1.807, 2.05) is 48.5 Å². The second kappa shape index (κ2) is 5.20. The van der Waals surface area contributed by atoms with Crippen LogP contribution < -0.4 is 9.05 Å². The number of benzene rings is 2. The zero-order valence-corrected chi connectivity index (χ0v) is 12.3. The summed E-state index contributed by atoms with van der Waals surface area (Å²) in [6.07, 6.45) is 3.35. The Morgan fingerprint density at radius 2 is 1.18 bits per heavy atom. The number of aromatic nitrogens is 2. The first-order chi connectivity index (χ1) is 10.8. The second-order valence-corrected chi connectivity index (χ2v) is 5.62. The molecule has 4 rings (SSSR count). The Kier molecular flexibility index (Phi) is 3.06. The summed E-state index contributed by atoms with van der Waals surface area (Å²) in [4.78, 5) is 6.13. The molecule has 0 aliphatic heterocycles. The third kappa shape index (κ3) is 2.22. The van der Waals surface area contributed by atoms with Gasteiger partial charge in [0.2, 0.25) is 11.5 Å². The molecule has 22 heavy (non-hydrogen) atoms. The van der Waals surface area contributed by atoms with Crippen LogP contribution in [0.15, 0.2) is 60.9 Å². The molecule has 6 heteroatoms. The van der Waals surface area contributed by atoms with Crippen LogP contribution in [0.25, 0.3) is 21.8 Å². The van der Waals surface area contributed by atoms with Crippen LogP contribution in [-0.2, 0) is 4.57 Å². The quantitative estimate of drug-likeness (QED) is 0.534. The molecule has 0 saturated carbocycles. The second-order valence-electron chi connectivity index (χ2n) is 4.80. The summed E-state index contributed by atoms with van der Waals surface area (Å²) in [5.41, 5.74) is 1.85. The van der Waals surface area contributed by atoms with Gasteiger partial charge in [0, 0.05) is 26.4 Å². The highest BCUT2D eigenvalue weighted by Gasteiger charge is 2.27. The molecule has 0 fully saturated rings. The van der Waals surface area contributed by atoms with Gasteiger partial charge in [-0.15, -0.1) is 0 Å². The van der Waals surface area contributed by atoms with Crippen molar-refractivity contribution in [2.45, 2.75) is 0 Å². The van der Waals surface area contributed by atoms with Crippen LogP contribution >= 0.6 is 8.25 Å². The normalized spacial score (nSPS) is 10.9. The average Bonchev–Trinajstić information content (AvgIpc) is 3.13. The summed E-state index contributed by atoms with van der Waals surface area (Å²) in [6, 6.07) is 15.3. The van der Waals surface area contributed by atoms with Gasteiger partial charge in [0.05, 0.1) is 12.4 Å². The number of nitrogens with one attached hydrogen (secondary N) is 2. The van der Waals surface area contributed by atoms with E-state index in [-0.39, 0.29) is 0 Å². The summed E-state index contributed by atoms with van der Waals surface area (Å²) >= 11 is 0. The first-order valence-corrected chi connectivity index (χ1v) is 7.86. The van der Waals surface area contributed by atoms with E-state index in [4.69, 9.17) is 9.05 Å². The van der Waals surface area contributed by atoms with Gasteiger partial charge in [-0.3, -0.25) is 0 Å². The van der Waals surface area contributed by atoms with Crippen molar-refractivity contribution in [3.63, 3.8) is 0 Å². The van der Waals surface area contributed by atoms with Crippen molar-refractivity contribution in [3.05, 3.63) is 60.9 Å². The zero-order chi connectivity index (χ0) is 14.9. The molecule has 0 radical (unpaired) electrons. The molecule has 0 amide bonds. The van der Waals surface area contributed by atoms with Gasteiger partial charge in [0.25, 0.3) is 0 Å². The fraction of sp³-hybridized carbons (Fsp3) is 0. The van der Waals surface area contributed by atoms with Crippen LogP contribution in [0.4, 0.5) is 0 Å². The molecule has 0 aliphatic rings. The monoisotopic (exact) mass is 311 g/mol. The number of hydrogen-bond acceptors (Lipinski definition) is 3. The minimum absolute atomic E-state index is 0.511. The zero-order valence-electron chi connectivity index (χ0n) is 11.4. The molecule has 0 aliphatic carbocycles. The minimum Gasteiger partial charge on any atom is -0.358 e. The molecule has 0 saturated heterocycles. The molecule has 5 nitrogen and oxygen atoms in total. The Hall–Kier alpha value is -2.78. The number of aromatic amines is 2. The molecule has 0 bridgehead atoms. The molecule has 0 atom stereocenters. The van der Waals surface area contributed by atoms with Gasteiger partial charge >= 0.3 is 8.25 Å². The molecule has 108 valence electrons. The van der Waals surface area contributed by atoms with Gasteiger partial charge < -0.3 is 9.97 Å². The number of para-hydroxylation sites is 2. The molecule has 2 aromatic heterocycles. The lowest BCUT2D eigenvalue weighted by Crippen LogP contribution is -1.87. The first kappa shape index (κ1) is 12.9. The number of rotatable bonds is 4. The number of fused-ring (bicyclic) bond motifs is 2. The first-order valence-electron chi connectivity index (χ1n) is 6.77. The van der Waals surface area contributed by atoms with Crippen molar-refractivity contribution >= 4 is 30.1 Å². The summed E-state index contributed by atoms with van der Waals surface area (Å²) in [5.74, 6) is 1.02.